The molecular weight excluding hydrogens is 238 g/mol. The largest absolute Gasteiger partial charge is 0.507 e. The van der Waals surface area contributed by atoms with Crippen molar-refractivity contribution in [1.29, 1.82) is 0 Å². The number of halogens is 1. The average Bonchev–Trinajstić information content (AvgIpc) is 2.24. The van der Waals surface area contributed by atoms with Crippen LogP contribution in [0.1, 0.15) is 36.6 Å². The van der Waals surface area contributed by atoms with Gasteiger partial charge in [-0.1, -0.05) is 26.0 Å². The molecule has 0 radical (unpaired) electrons. The van der Waals surface area contributed by atoms with E-state index in [0.29, 0.717) is 5.75 Å². The van der Waals surface area contributed by atoms with Gasteiger partial charge in [0.2, 0.25) is 0 Å². The third-order valence-electron chi connectivity index (χ3n) is 3.12. The molecule has 1 aromatic rings. The fraction of sp³-hybridized carbons (Fsp3) is 0.538. The van der Waals surface area contributed by atoms with Crippen molar-refractivity contribution in [2.24, 2.45) is 11.1 Å². The monoisotopic (exact) mass is 259 g/mol. The van der Waals surface area contributed by atoms with Crippen LogP contribution in [0.2, 0.25) is 0 Å². The Morgan fingerprint density at radius 3 is 2.00 bits per heavy atom. The zero-order valence-electron chi connectivity index (χ0n) is 10.8. The Bertz CT molecular complexity index is 368. The van der Waals surface area contributed by atoms with Gasteiger partial charge in [0.1, 0.15) is 5.75 Å². The van der Waals surface area contributed by atoms with Gasteiger partial charge in [0.25, 0.3) is 0 Å². The molecule has 1 atom stereocenters. The van der Waals surface area contributed by atoms with E-state index in [4.69, 9.17) is 5.73 Å². The van der Waals surface area contributed by atoms with Crippen molar-refractivity contribution in [3.8, 4) is 5.75 Å². The normalized spacial score (nSPS) is 13.1. The van der Waals surface area contributed by atoms with E-state index in [-0.39, 0.29) is 30.5 Å². The van der Waals surface area contributed by atoms with E-state index in [1.54, 1.807) is 0 Å². The first-order chi connectivity index (χ1) is 7.29. The van der Waals surface area contributed by atoms with Gasteiger partial charge in [0, 0.05) is 18.1 Å². The Hall–Kier alpha value is -0.770. The van der Waals surface area contributed by atoms with E-state index in [2.05, 4.69) is 0 Å². The molecule has 0 aromatic heterocycles. The Morgan fingerprint density at radius 2 is 1.65 bits per heavy atom. The van der Waals surface area contributed by atoms with Crippen LogP contribution in [0, 0.1) is 19.3 Å². The molecular formula is C13H22ClNO2. The van der Waals surface area contributed by atoms with Crippen molar-refractivity contribution in [3.63, 3.8) is 0 Å². The zero-order valence-corrected chi connectivity index (χ0v) is 11.6. The molecule has 4 heteroatoms. The van der Waals surface area contributed by atoms with E-state index in [1.807, 2.05) is 39.8 Å². The smallest absolute Gasteiger partial charge is 0.121 e. The molecule has 4 N–H and O–H groups in total. The summed E-state index contributed by atoms with van der Waals surface area (Å²) in [6.45, 7) is 7.59. The summed E-state index contributed by atoms with van der Waals surface area (Å²) in [6.07, 6.45) is 0. The van der Waals surface area contributed by atoms with E-state index in [0.717, 1.165) is 16.7 Å². The number of aliphatic hydroxyl groups is 1. The van der Waals surface area contributed by atoms with Crippen LogP contribution >= 0.6 is 12.4 Å². The lowest BCUT2D eigenvalue weighted by Gasteiger charge is -2.30. The van der Waals surface area contributed by atoms with Crippen LogP contribution in [0.3, 0.4) is 0 Å². The van der Waals surface area contributed by atoms with E-state index >= 15 is 0 Å². The molecule has 0 spiro atoms. The Balaban J connectivity index is 0.00000256. The number of aromatic hydroxyl groups is 1. The number of benzene rings is 1. The van der Waals surface area contributed by atoms with Gasteiger partial charge >= 0.3 is 0 Å². The Morgan fingerprint density at radius 1 is 1.24 bits per heavy atom. The molecule has 0 saturated carbocycles. The quantitative estimate of drug-likeness (QED) is 0.781. The molecule has 3 nitrogen and oxygen atoms in total. The number of aliphatic hydroxyl groups excluding tert-OH is 1. The highest BCUT2D eigenvalue weighted by Gasteiger charge is 2.27. The second kappa shape index (κ2) is 5.71. The third-order valence-corrected chi connectivity index (χ3v) is 3.12. The van der Waals surface area contributed by atoms with Crippen LogP contribution in [-0.2, 0) is 0 Å². The molecule has 0 bridgehead atoms. The minimum Gasteiger partial charge on any atom is -0.507 e. The second-order valence-electron chi connectivity index (χ2n) is 5.13. The topological polar surface area (TPSA) is 66.5 Å². The predicted molar refractivity (Wildman–Crippen MR) is 72.6 cm³/mol. The fourth-order valence-corrected chi connectivity index (χ4v) is 1.72. The summed E-state index contributed by atoms with van der Waals surface area (Å²) in [4.78, 5) is 0. The summed E-state index contributed by atoms with van der Waals surface area (Å²) < 4.78 is 0. The van der Waals surface area contributed by atoms with Crippen LogP contribution in [0.25, 0.3) is 0 Å². The highest BCUT2D eigenvalue weighted by Crippen LogP contribution is 2.33. The lowest BCUT2D eigenvalue weighted by Crippen LogP contribution is -2.32. The Kier molecular flexibility index (Phi) is 5.46. The number of nitrogens with two attached hydrogens (primary N) is 1. The summed E-state index contributed by atoms with van der Waals surface area (Å²) in [6, 6.07) is 3.52. The first kappa shape index (κ1) is 16.2. The number of hydrogen-bond acceptors (Lipinski definition) is 3. The maximum Gasteiger partial charge on any atom is 0.121 e. The molecule has 0 fully saturated rings. The number of phenolic OH excluding ortho intramolecular Hbond substituents is 1. The third kappa shape index (κ3) is 3.35. The number of aryl methyl sites for hydroxylation is 2. The second-order valence-corrected chi connectivity index (χ2v) is 5.13. The molecule has 0 unspecified atom stereocenters. The summed E-state index contributed by atoms with van der Waals surface area (Å²) in [7, 11) is 0. The molecule has 0 aliphatic heterocycles. The average molecular weight is 260 g/mol. The number of hydrogen-bond donors (Lipinski definition) is 3. The molecule has 1 aromatic carbocycles. The molecule has 0 aliphatic carbocycles. The zero-order chi connectivity index (χ0) is 12.5. The van der Waals surface area contributed by atoms with Crippen molar-refractivity contribution in [2.75, 3.05) is 6.61 Å². The predicted octanol–water partition coefficient (Wildman–Crippen LogP) is 2.45. The summed E-state index contributed by atoms with van der Waals surface area (Å²) >= 11 is 0. The van der Waals surface area contributed by atoms with Crippen LogP contribution in [0.5, 0.6) is 5.75 Å². The lowest BCUT2D eigenvalue weighted by molar-refractivity contribution is 0.132. The number of rotatable bonds is 3. The SMILES string of the molecule is Cc1cc([C@@H](N)C(C)(C)CO)cc(C)c1O.Cl. The fourth-order valence-electron chi connectivity index (χ4n) is 1.72. The van der Waals surface area contributed by atoms with Gasteiger partial charge in [-0.2, -0.15) is 0 Å². The highest BCUT2D eigenvalue weighted by molar-refractivity contribution is 5.85. The Labute approximate surface area is 109 Å². The lowest BCUT2D eigenvalue weighted by atomic mass is 9.81. The van der Waals surface area contributed by atoms with Gasteiger partial charge in [-0.05, 0) is 30.5 Å². The summed E-state index contributed by atoms with van der Waals surface area (Å²) in [5.41, 5.74) is 8.35. The van der Waals surface area contributed by atoms with E-state index in [1.165, 1.54) is 0 Å². The molecule has 0 saturated heterocycles. The molecule has 0 heterocycles. The minimum atomic E-state index is -0.365. The van der Waals surface area contributed by atoms with Crippen LogP contribution in [0.15, 0.2) is 12.1 Å². The van der Waals surface area contributed by atoms with Crippen molar-refractivity contribution >= 4 is 12.4 Å². The number of phenols is 1. The summed E-state index contributed by atoms with van der Waals surface area (Å²) in [5, 5.41) is 19.0. The molecule has 0 aliphatic rings. The van der Waals surface area contributed by atoms with Crippen molar-refractivity contribution < 1.29 is 10.2 Å². The molecule has 1 rings (SSSR count). The van der Waals surface area contributed by atoms with Crippen molar-refractivity contribution in [1.82, 2.24) is 0 Å². The first-order valence-electron chi connectivity index (χ1n) is 5.46. The van der Waals surface area contributed by atoms with Crippen LogP contribution in [0.4, 0.5) is 0 Å². The van der Waals surface area contributed by atoms with Crippen molar-refractivity contribution in [3.05, 3.63) is 28.8 Å². The molecule has 0 amide bonds. The maximum atomic E-state index is 9.68. The minimum absolute atomic E-state index is 0. The van der Waals surface area contributed by atoms with Gasteiger partial charge in [0.15, 0.2) is 0 Å². The highest BCUT2D eigenvalue weighted by atomic mass is 35.5. The standard InChI is InChI=1S/C13H21NO2.ClH/c1-8-5-10(6-9(2)11(8)16)12(14)13(3,4)7-15;/h5-6,12,15-16H,7,14H2,1-4H3;1H/t12-;/m1./s1. The van der Waals surface area contributed by atoms with Gasteiger partial charge < -0.3 is 15.9 Å². The van der Waals surface area contributed by atoms with Gasteiger partial charge in [-0.25, -0.2) is 0 Å². The van der Waals surface area contributed by atoms with Crippen LogP contribution in [-0.4, -0.2) is 16.8 Å². The van der Waals surface area contributed by atoms with Crippen molar-refractivity contribution in [2.45, 2.75) is 33.7 Å². The summed E-state index contributed by atoms with van der Waals surface area (Å²) in [5.74, 6) is 0.317. The van der Waals surface area contributed by atoms with Gasteiger partial charge in [-0.3, -0.25) is 0 Å². The van der Waals surface area contributed by atoms with E-state index in [9.17, 15) is 10.2 Å². The molecule has 98 valence electrons. The van der Waals surface area contributed by atoms with Gasteiger partial charge in [0.05, 0.1) is 0 Å². The van der Waals surface area contributed by atoms with E-state index < -0.39 is 0 Å². The maximum absolute atomic E-state index is 9.68. The first-order valence-corrected chi connectivity index (χ1v) is 5.46. The molecule has 17 heavy (non-hydrogen) atoms. The van der Waals surface area contributed by atoms with Crippen LogP contribution < -0.4 is 5.73 Å². The van der Waals surface area contributed by atoms with Gasteiger partial charge in [-0.15, -0.1) is 12.4 Å².